The van der Waals surface area contributed by atoms with Crippen LogP contribution in [-0.4, -0.2) is 21.5 Å². The van der Waals surface area contributed by atoms with Crippen LogP contribution in [0, 0.1) is 0 Å². The highest BCUT2D eigenvalue weighted by Gasteiger charge is 1.94. The molecule has 0 unspecified atom stereocenters. The van der Waals surface area contributed by atoms with E-state index >= 15 is 0 Å². The molecule has 0 atom stereocenters. The van der Waals surface area contributed by atoms with Crippen LogP contribution in [0.2, 0.25) is 0 Å². The van der Waals surface area contributed by atoms with Crippen LogP contribution >= 0.6 is 0 Å². The lowest BCUT2D eigenvalue weighted by molar-refractivity contribution is 0.474. The van der Waals surface area contributed by atoms with Crippen LogP contribution in [-0.2, 0) is 0 Å². The van der Waals surface area contributed by atoms with Crippen molar-refractivity contribution in [2.45, 2.75) is 0 Å². The molecule has 70 valence electrons. The van der Waals surface area contributed by atoms with Gasteiger partial charge in [-0.3, -0.25) is 5.10 Å². The van der Waals surface area contributed by atoms with E-state index in [2.05, 4.69) is 15.2 Å². The molecule has 2 rings (SSSR count). The maximum Gasteiger partial charge on any atom is 0.147 e. The number of para-hydroxylation sites is 1. The fraction of sp³-hybridized carbons (Fsp3) is 0. The third-order valence-corrected chi connectivity index (χ3v) is 1.77. The summed E-state index contributed by atoms with van der Waals surface area (Å²) in [5.74, 6) is 0.879. The van der Waals surface area contributed by atoms with Crippen LogP contribution < -0.4 is 0 Å². The van der Waals surface area contributed by atoms with Crippen LogP contribution in [0.1, 0.15) is 5.56 Å². The molecule has 0 spiro atoms. The first-order chi connectivity index (χ1) is 6.86. The van der Waals surface area contributed by atoms with Crippen LogP contribution in [0.25, 0.3) is 0 Å². The minimum absolute atomic E-state index is 0.218. The third-order valence-electron chi connectivity index (χ3n) is 1.77. The number of nitrogens with one attached hydrogen (secondary N) is 1. The molecule has 0 saturated heterocycles. The number of hydrogen-bond donors (Lipinski definition) is 2. The normalized spacial score (nSPS) is 10.9. The fourth-order valence-electron chi connectivity index (χ4n) is 1.06. The molecule has 1 aromatic carbocycles. The second kappa shape index (κ2) is 3.74. The summed E-state index contributed by atoms with van der Waals surface area (Å²) in [5, 5.41) is 15.9. The number of phenols is 1. The number of aromatic hydroxyl groups is 1. The van der Waals surface area contributed by atoms with Gasteiger partial charge in [0.25, 0.3) is 0 Å². The van der Waals surface area contributed by atoms with Gasteiger partial charge >= 0.3 is 0 Å². The van der Waals surface area contributed by atoms with E-state index in [9.17, 15) is 5.11 Å². The number of aromatic amines is 1. The van der Waals surface area contributed by atoms with Crippen molar-refractivity contribution in [3.05, 3.63) is 42.1 Å². The molecule has 0 saturated carbocycles. The standard InChI is InChI=1S/C10H9N3O/c14-9-4-2-1-3-8(9)7-11-10-5-6-12-13-10/h1-7,14H,(H,12,13). The van der Waals surface area contributed by atoms with Crippen molar-refractivity contribution >= 4 is 12.0 Å². The molecule has 4 heteroatoms. The topological polar surface area (TPSA) is 61.3 Å². The molecular weight excluding hydrogens is 178 g/mol. The lowest BCUT2D eigenvalue weighted by Gasteiger charge is -1.95. The Morgan fingerprint density at radius 3 is 2.86 bits per heavy atom. The second-order valence-electron chi connectivity index (χ2n) is 2.76. The van der Waals surface area contributed by atoms with Gasteiger partial charge < -0.3 is 5.11 Å². The predicted octanol–water partition coefficient (Wildman–Crippen LogP) is 1.87. The zero-order valence-corrected chi connectivity index (χ0v) is 7.38. The van der Waals surface area contributed by atoms with Crippen LogP contribution in [0.4, 0.5) is 5.82 Å². The van der Waals surface area contributed by atoms with Crippen LogP contribution in [0.5, 0.6) is 5.75 Å². The summed E-state index contributed by atoms with van der Waals surface area (Å²) in [6, 6.07) is 8.76. The summed E-state index contributed by atoms with van der Waals surface area (Å²) in [7, 11) is 0. The average Bonchev–Trinajstić information content (AvgIpc) is 2.69. The Kier molecular flexibility index (Phi) is 2.27. The van der Waals surface area contributed by atoms with E-state index in [1.807, 2.05) is 6.07 Å². The van der Waals surface area contributed by atoms with Crippen molar-refractivity contribution in [3.8, 4) is 5.75 Å². The van der Waals surface area contributed by atoms with Crippen molar-refractivity contribution in [3.63, 3.8) is 0 Å². The number of H-pyrrole nitrogens is 1. The first-order valence-corrected chi connectivity index (χ1v) is 4.18. The maximum absolute atomic E-state index is 9.42. The van der Waals surface area contributed by atoms with Gasteiger partial charge in [-0.15, -0.1) is 0 Å². The summed E-state index contributed by atoms with van der Waals surface area (Å²) in [6.07, 6.45) is 3.21. The van der Waals surface area contributed by atoms with Crippen molar-refractivity contribution < 1.29 is 5.11 Å². The molecule has 0 radical (unpaired) electrons. The number of phenolic OH excluding ortho intramolecular Hbond substituents is 1. The molecule has 1 heterocycles. The van der Waals surface area contributed by atoms with E-state index in [1.54, 1.807) is 36.7 Å². The van der Waals surface area contributed by atoms with Gasteiger partial charge in [-0.1, -0.05) is 12.1 Å². The van der Waals surface area contributed by atoms with Crippen LogP contribution in [0.3, 0.4) is 0 Å². The van der Waals surface area contributed by atoms with Gasteiger partial charge in [0.05, 0.1) is 6.20 Å². The second-order valence-corrected chi connectivity index (χ2v) is 2.76. The van der Waals surface area contributed by atoms with E-state index in [-0.39, 0.29) is 5.75 Å². The highest BCUT2D eigenvalue weighted by molar-refractivity contribution is 5.84. The van der Waals surface area contributed by atoms with E-state index < -0.39 is 0 Å². The summed E-state index contributed by atoms with van der Waals surface area (Å²) < 4.78 is 0. The third kappa shape index (κ3) is 1.80. The lowest BCUT2D eigenvalue weighted by atomic mass is 10.2. The number of aliphatic imine (C=N–C) groups is 1. The van der Waals surface area contributed by atoms with E-state index in [1.165, 1.54) is 0 Å². The quantitative estimate of drug-likeness (QED) is 0.705. The molecule has 1 aromatic heterocycles. The number of benzene rings is 1. The molecule has 0 aliphatic rings. The summed E-state index contributed by atoms with van der Waals surface area (Å²) >= 11 is 0. The van der Waals surface area contributed by atoms with Gasteiger partial charge in [-0.25, -0.2) is 4.99 Å². The number of aromatic nitrogens is 2. The molecule has 0 bridgehead atoms. The summed E-state index contributed by atoms with van der Waals surface area (Å²) in [6.45, 7) is 0. The van der Waals surface area contributed by atoms with Gasteiger partial charge in [0.2, 0.25) is 0 Å². The molecule has 0 aliphatic carbocycles. The van der Waals surface area contributed by atoms with E-state index in [0.717, 1.165) is 0 Å². The monoisotopic (exact) mass is 187 g/mol. The molecular formula is C10H9N3O. The molecule has 2 aromatic rings. The molecule has 14 heavy (non-hydrogen) atoms. The Labute approximate surface area is 80.9 Å². The first kappa shape index (κ1) is 8.50. The molecule has 2 N–H and O–H groups in total. The Morgan fingerprint density at radius 1 is 1.29 bits per heavy atom. The van der Waals surface area contributed by atoms with Gasteiger partial charge in [0, 0.05) is 17.8 Å². The Morgan fingerprint density at radius 2 is 2.14 bits per heavy atom. The Balaban J connectivity index is 2.23. The van der Waals surface area contributed by atoms with Gasteiger partial charge in [0.15, 0.2) is 0 Å². The SMILES string of the molecule is Oc1ccccc1C=Nc1ccn[nH]1. The largest absolute Gasteiger partial charge is 0.507 e. The molecule has 0 amide bonds. The first-order valence-electron chi connectivity index (χ1n) is 4.18. The minimum atomic E-state index is 0.218. The van der Waals surface area contributed by atoms with Crippen molar-refractivity contribution in [2.75, 3.05) is 0 Å². The molecule has 4 nitrogen and oxygen atoms in total. The summed E-state index contributed by atoms with van der Waals surface area (Å²) in [4.78, 5) is 4.09. The predicted molar refractivity (Wildman–Crippen MR) is 53.9 cm³/mol. The molecule has 0 aliphatic heterocycles. The van der Waals surface area contributed by atoms with Crippen molar-refractivity contribution in [1.82, 2.24) is 10.2 Å². The smallest absolute Gasteiger partial charge is 0.147 e. The average molecular weight is 187 g/mol. The van der Waals surface area contributed by atoms with Crippen LogP contribution in [0.15, 0.2) is 41.5 Å². The zero-order valence-electron chi connectivity index (χ0n) is 7.38. The van der Waals surface area contributed by atoms with Gasteiger partial charge in [0.1, 0.15) is 11.6 Å². The zero-order chi connectivity index (χ0) is 9.80. The van der Waals surface area contributed by atoms with E-state index in [0.29, 0.717) is 11.4 Å². The highest BCUT2D eigenvalue weighted by Crippen LogP contribution is 2.14. The van der Waals surface area contributed by atoms with E-state index in [4.69, 9.17) is 0 Å². The lowest BCUT2D eigenvalue weighted by Crippen LogP contribution is -1.80. The Bertz CT molecular complexity index is 434. The fourth-order valence-corrected chi connectivity index (χ4v) is 1.06. The maximum atomic E-state index is 9.42. The number of hydrogen-bond acceptors (Lipinski definition) is 3. The molecule has 0 fully saturated rings. The van der Waals surface area contributed by atoms with Crippen molar-refractivity contribution in [1.29, 1.82) is 0 Å². The minimum Gasteiger partial charge on any atom is -0.507 e. The highest BCUT2D eigenvalue weighted by atomic mass is 16.3. The summed E-state index contributed by atoms with van der Waals surface area (Å²) in [5.41, 5.74) is 0.683. The van der Waals surface area contributed by atoms with Gasteiger partial charge in [-0.2, -0.15) is 5.10 Å². The number of nitrogens with zero attached hydrogens (tertiary/aromatic N) is 2. The van der Waals surface area contributed by atoms with Gasteiger partial charge in [-0.05, 0) is 12.1 Å². The van der Waals surface area contributed by atoms with Crippen molar-refractivity contribution in [2.24, 2.45) is 4.99 Å². The number of rotatable bonds is 2. The Hall–Kier alpha value is -2.10.